The molecule has 2 amide bonds. The Kier molecular flexibility index (Phi) is 4.52. The maximum Gasteiger partial charge on any atom is 0.255 e. The Labute approximate surface area is 116 Å². The molecule has 20 heavy (non-hydrogen) atoms. The van der Waals surface area contributed by atoms with Crippen molar-refractivity contribution in [2.24, 2.45) is 0 Å². The zero-order valence-corrected chi connectivity index (χ0v) is 11.2. The van der Waals surface area contributed by atoms with Gasteiger partial charge >= 0.3 is 0 Å². The number of aromatic hydroxyl groups is 1. The lowest BCUT2D eigenvalue weighted by Gasteiger charge is -2.29. The van der Waals surface area contributed by atoms with Crippen molar-refractivity contribution >= 4 is 11.8 Å². The van der Waals surface area contributed by atoms with Gasteiger partial charge in [-0.1, -0.05) is 0 Å². The summed E-state index contributed by atoms with van der Waals surface area (Å²) in [6.07, 6.45) is 2.59. The summed E-state index contributed by atoms with van der Waals surface area (Å²) in [6.45, 7) is 3.70. The van der Waals surface area contributed by atoms with E-state index in [1.807, 2.05) is 0 Å². The standard InChI is InChI=1S/C13H17N3O4/c1-9(13(19)16-4-6-20-7-5-16)15-12(18)10-2-3-14-8-11(10)17/h2-3,8-9,17H,4-7H2,1H3,(H,15,18). The Bertz CT molecular complexity index is 500. The van der Waals surface area contributed by atoms with E-state index in [4.69, 9.17) is 4.74 Å². The highest BCUT2D eigenvalue weighted by molar-refractivity contribution is 5.99. The third-order valence-electron chi connectivity index (χ3n) is 3.09. The number of aromatic nitrogens is 1. The topological polar surface area (TPSA) is 91.8 Å². The van der Waals surface area contributed by atoms with Crippen LogP contribution in [0.5, 0.6) is 5.75 Å². The summed E-state index contributed by atoms with van der Waals surface area (Å²) in [7, 11) is 0. The smallest absolute Gasteiger partial charge is 0.255 e. The first-order chi connectivity index (χ1) is 9.59. The van der Waals surface area contributed by atoms with Gasteiger partial charge in [0.15, 0.2) is 0 Å². The molecule has 0 aliphatic carbocycles. The molecule has 1 aromatic rings. The van der Waals surface area contributed by atoms with Gasteiger partial charge in [0, 0.05) is 19.3 Å². The highest BCUT2D eigenvalue weighted by Crippen LogP contribution is 2.13. The van der Waals surface area contributed by atoms with Crippen LogP contribution in [0.2, 0.25) is 0 Å². The van der Waals surface area contributed by atoms with Crippen LogP contribution in [0.15, 0.2) is 18.5 Å². The van der Waals surface area contributed by atoms with E-state index in [0.717, 1.165) is 0 Å². The first-order valence-electron chi connectivity index (χ1n) is 6.40. The van der Waals surface area contributed by atoms with Crippen LogP contribution in [0.3, 0.4) is 0 Å². The van der Waals surface area contributed by atoms with E-state index in [-0.39, 0.29) is 17.2 Å². The second-order valence-electron chi connectivity index (χ2n) is 4.53. The molecule has 7 heteroatoms. The highest BCUT2D eigenvalue weighted by Gasteiger charge is 2.24. The zero-order valence-electron chi connectivity index (χ0n) is 11.2. The highest BCUT2D eigenvalue weighted by atomic mass is 16.5. The fraction of sp³-hybridized carbons (Fsp3) is 0.462. The Morgan fingerprint density at radius 2 is 2.15 bits per heavy atom. The van der Waals surface area contributed by atoms with Gasteiger partial charge in [-0.3, -0.25) is 14.6 Å². The van der Waals surface area contributed by atoms with Gasteiger partial charge in [-0.15, -0.1) is 0 Å². The number of hydrogen-bond donors (Lipinski definition) is 2. The minimum Gasteiger partial charge on any atom is -0.505 e. The van der Waals surface area contributed by atoms with Gasteiger partial charge in [0.1, 0.15) is 11.8 Å². The van der Waals surface area contributed by atoms with Gasteiger partial charge in [0.05, 0.1) is 25.0 Å². The molecule has 108 valence electrons. The fourth-order valence-electron chi connectivity index (χ4n) is 1.97. The molecule has 0 bridgehead atoms. The molecular weight excluding hydrogens is 262 g/mol. The Morgan fingerprint density at radius 1 is 1.45 bits per heavy atom. The van der Waals surface area contributed by atoms with Gasteiger partial charge < -0.3 is 20.1 Å². The van der Waals surface area contributed by atoms with Crippen molar-refractivity contribution in [3.63, 3.8) is 0 Å². The van der Waals surface area contributed by atoms with Crippen LogP contribution < -0.4 is 5.32 Å². The fourth-order valence-corrected chi connectivity index (χ4v) is 1.97. The summed E-state index contributed by atoms with van der Waals surface area (Å²) in [5.41, 5.74) is 0.0987. The van der Waals surface area contributed by atoms with Crippen LogP contribution in [-0.2, 0) is 9.53 Å². The van der Waals surface area contributed by atoms with Crippen LogP contribution in [0.1, 0.15) is 17.3 Å². The van der Waals surface area contributed by atoms with E-state index < -0.39 is 11.9 Å². The van der Waals surface area contributed by atoms with Crippen molar-refractivity contribution in [2.45, 2.75) is 13.0 Å². The molecule has 1 aliphatic heterocycles. The molecule has 0 spiro atoms. The molecule has 2 heterocycles. The molecule has 1 atom stereocenters. The van der Waals surface area contributed by atoms with Gasteiger partial charge in [-0.2, -0.15) is 0 Å². The summed E-state index contributed by atoms with van der Waals surface area (Å²) in [5, 5.41) is 12.1. The number of carbonyl (C=O) groups is 2. The lowest BCUT2D eigenvalue weighted by molar-refractivity contribution is -0.136. The number of nitrogens with one attached hydrogen (secondary N) is 1. The quantitative estimate of drug-likeness (QED) is 0.797. The van der Waals surface area contributed by atoms with Gasteiger partial charge in [-0.05, 0) is 13.0 Å². The summed E-state index contributed by atoms with van der Waals surface area (Å²) in [6, 6.07) is 0.740. The molecule has 2 rings (SSSR count). The maximum absolute atomic E-state index is 12.1. The Morgan fingerprint density at radius 3 is 2.80 bits per heavy atom. The summed E-state index contributed by atoms with van der Waals surface area (Å²) < 4.78 is 5.17. The third kappa shape index (κ3) is 3.24. The van der Waals surface area contributed by atoms with E-state index in [1.165, 1.54) is 18.5 Å². The molecular formula is C13H17N3O4. The molecule has 2 N–H and O–H groups in total. The number of carbonyl (C=O) groups excluding carboxylic acids is 2. The summed E-state index contributed by atoms with van der Waals surface area (Å²) in [4.78, 5) is 29.4. The van der Waals surface area contributed by atoms with Gasteiger partial charge in [0.2, 0.25) is 5.91 Å². The van der Waals surface area contributed by atoms with E-state index in [0.29, 0.717) is 26.3 Å². The van der Waals surface area contributed by atoms with E-state index in [1.54, 1.807) is 11.8 Å². The van der Waals surface area contributed by atoms with Crippen molar-refractivity contribution < 1.29 is 19.4 Å². The SMILES string of the molecule is CC(NC(=O)c1ccncc1O)C(=O)N1CCOCC1. The van der Waals surface area contributed by atoms with Crippen molar-refractivity contribution in [1.29, 1.82) is 0 Å². The number of rotatable bonds is 3. The number of hydrogen-bond acceptors (Lipinski definition) is 5. The summed E-state index contributed by atoms with van der Waals surface area (Å²) in [5.74, 6) is -0.870. The molecule has 0 saturated carbocycles. The van der Waals surface area contributed by atoms with Crippen molar-refractivity contribution in [2.75, 3.05) is 26.3 Å². The van der Waals surface area contributed by atoms with Crippen molar-refractivity contribution in [3.8, 4) is 5.75 Å². The van der Waals surface area contributed by atoms with Crippen LogP contribution in [0.4, 0.5) is 0 Å². The van der Waals surface area contributed by atoms with Crippen LogP contribution in [0, 0.1) is 0 Å². The first-order valence-corrected chi connectivity index (χ1v) is 6.40. The molecule has 7 nitrogen and oxygen atoms in total. The third-order valence-corrected chi connectivity index (χ3v) is 3.09. The van der Waals surface area contributed by atoms with E-state index in [9.17, 15) is 14.7 Å². The van der Waals surface area contributed by atoms with Crippen LogP contribution in [-0.4, -0.2) is 59.1 Å². The maximum atomic E-state index is 12.1. The van der Waals surface area contributed by atoms with Crippen LogP contribution >= 0.6 is 0 Å². The first kappa shape index (κ1) is 14.3. The molecule has 1 saturated heterocycles. The van der Waals surface area contributed by atoms with Crippen molar-refractivity contribution in [3.05, 3.63) is 24.0 Å². The molecule has 1 fully saturated rings. The van der Waals surface area contributed by atoms with E-state index >= 15 is 0 Å². The van der Waals surface area contributed by atoms with E-state index in [2.05, 4.69) is 10.3 Å². The summed E-state index contributed by atoms with van der Waals surface area (Å²) >= 11 is 0. The molecule has 1 aromatic heterocycles. The number of nitrogens with zero attached hydrogens (tertiary/aromatic N) is 2. The number of ether oxygens (including phenoxy) is 1. The minimum absolute atomic E-state index is 0.0987. The van der Waals surface area contributed by atoms with Crippen molar-refractivity contribution in [1.82, 2.24) is 15.2 Å². The average molecular weight is 279 g/mol. The second kappa shape index (κ2) is 6.33. The monoisotopic (exact) mass is 279 g/mol. The molecule has 1 aliphatic rings. The number of morpholine rings is 1. The second-order valence-corrected chi connectivity index (χ2v) is 4.53. The predicted molar refractivity (Wildman–Crippen MR) is 70.2 cm³/mol. The Hall–Kier alpha value is -2.15. The van der Waals surface area contributed by atoms with Gasteiger partial charge in [0.25, 0.3) is 5.91 Å². The average Bonchev–Trinajstić information content (AvgIpc) is 2.47. The molecule has 0 aromatic carbocycles. The van der Waals surface area contributed by atoms with Gasteiger partial charge in [-0.25, -0.2) is 0 Å². The normalized spacial score (nSPS) is 16.6. The van der Waals surface area contributed by atoms with Crippen LogP contribution in [0.25, 0.3) is 0 Å². The zero-order chi connectivity index (χ0) is 14.5. The lowest BCUT2D eigenvalue weighted by Crippen LogP contribution is -2.50. The number of amides is 2. The number of pyridine rings is 1. The lowest BCUT2D eigenvalue weighted by atomic mass is 10.2. The minimum atomic E-state index is -0.659. The predicted octanol–water partition coefficient (Wildman–Crippen LogP) is -0.236. The molecule has 0 radical (unpaired) electrons. The molecule has 1 unspecified atom stereocenters. The Balaban J connectivity index is 1.97. The largest absolute Gasteiger partial charge is 0.505 e.